The second kappa shape index (κ2) is 38.0. The van der Waals surface area contributed by atoms with Gasteiger partial charge in [0.15, 0.2) is 5.79 Å². The third-order valence-electron chi connectivity index (χ3n) is 11.7. The number of likely N-dealkylation sites (N-methyl/N-ethyl adjacent to an activating group) is 2. The molecule has 2 rings (SSSR count). The van der Waals surface area contributed by atoms with Crippen molar-refractivity contribution in [2.24, 2.45) is 5.92 Å². The van der Waals surface area contributed by atoms with Gasteiger partial charge in [-0.25, -0.2) is 0 Å². The molecule has 2 heterocycles. The number of esters is 1. The van der Waals surface area contributed by atoms with Crippen molar-refractivity contribution < 1.29 is 23.8 Å². The van der Waals surface area contributed by atoms with Gasteiger partial charge < -0.3 is 28.9 Å². The first-order valence-electron chi connectivity index (χ1n) is 25.1. The van der Waals surface area contributed by atoms with Crippen molar-refractivity contribution in [3.05, 3.63) is 97.2 Å². The Kier molecular flexibility index (Phi) is 33.7. The maximum Gasteiger partial charge on any atom is 0.308 e. The Balaban J connectivity index is 1.72. The van der Waals surface area contributed by atoms with Crippen molar-refractivity contribution in [2.75, 3.05) is 67.1 Å². The number of carbonyl (C=O) groups is 2. The van der Waals surface area contributed by atoms with Gasteiger partial charge >= 0.3 is 5.97 Å². The Morgan fingerprint density at radius 3 is 1.65 bits per heavy atom. The van der Waals surface area contributed by atoms with Gasteiger partial charge in [0.1, 0.15) is 0 Å². The highest BCUT2D eigenvalue weighted by Crippen LogP contribution is 2.35. The zero-order chi connectivity index (χ0) is 45.5. The number of nitrogens with zero attached hydrogens (tertiary/aromatic N) is 3. The molecule has 0 bridgehead atoms. The molecule has 2 unspecified atom stereocenters. The molecule has 0 aromatic rings. The number of amides is 1. The first-order chi connectivity index (χ1) is 30.8. The molecule has 0 aliphatic carbocycles. The lowest BCUT2D eigenvalue weighted by Gasteiger charge is -2.38. The van der Waals surface area contributed by atoms with Crippen LogP contribution >= 0.6 is 0 Å². The van der Waals surface area contributed by atoms with Gasteiger partial charge in [0.25, 0.3) is 0 Å². The zero-order valence-corrected chi connectivity index (χ0v) is 40.8. The van der Waals surface area contributed by atoms with Crippen LogP contribution in [0.1, 0.15) is 155 Å². The lowest BCUT2D eigenvalue weighted by atomic mass is 9.94. The molecule has 0 aromatic carbocycles. The summed E-state index contributed by atoms with van der Waals surface area (Å²) in [5.41, 5.74) is 0. The summed E-state index contributed by atoms with van der Waals surface area (Å²) < 4.78 is 18.6. The molecule has 1 amide bonds. The summed E-state index contributed by atoms with van der Waals surface area (Å²) in [6.07, 6.45) is 56.6. The van der Waals surface area contributed by atoms with Gasteiger partial charge in [0.05, 0.1) is 25.2 Å². The van der Waals surface area contributed by atoms with E-state index in [0.29, 0.717) is 52.0 Å². The Labute approximate surface area is 386 Å². The fourth-order valence-electron chi connectivity index (χ4n) is 7.73. The van der Waals surface area contributed by atoms with Crippen molar-refractivity contribution >= 4 is 11.9 Å². The molecule has 1 spiro atoms. The van der Waals surface area contributed by atoms with Crippen LogP contribution in [0, 0.1) is 5.92 Å². The number of hydrogen-bond donors (Lipinski definition) is 0. The van der Waals surface area contributed by atoms with Crippen molar-refractivity contribution in [2.45, 2.75) is 167 Å². The molecule has 0 N–H and O–H groups in total. The van der Waals surface area contributed by atoms with Gasteiger partial charge in [-0.1, -0.05) is 130 Å². The van der Waals surface area contributed by atoms with Crippen molar-refractivity contribution in [3.63, 3.8) is 0 Å². The number of carbonyl (C=O) groups excluding carboxylic acids is 2. The van der Waals surface area contributed by atoms with Crippen LogP contribution in [0.5, 0.6) is 0 Å². The van der Waals surface area contributed by atoms with E-state index in [-0.39, 0.29) is 23.9 Å². The summed E-state index contributed by atoms with van der Waals surface area (Å²) in [6.45, 7) is 9.44. The van der Waals surface area contributed by atoms with Crippen LogP contribution < -0.4 is 0 Å². The highest BCUT2D eigenvalue weighted by Gasteiger charge is 2.44. The average Bonchev–Trinajstić information content (AvgIpc) is 3.67. The number of likely N-dealkylation sites (tertiary alicyclic amines) is 1. The number of ether oxygens (including phenoxy) is 3. The van der Waals surface area contributed by atoms with Crippen LogP contribution in [0.15, 0.2) is 97.2 Å². The van der Waals surface area contributed by atoms with E-state index >= 15 is 0 Å². The molecule has 2 aliphatic rings. The Bertz CT molecular complexity index is 1400. The standard InChI is InChI=1S/C55H91N3O5/c1-6-8-10-12-14-16-18-20-22-24-26-28-30-32-34-36-39-51(38-35-33-31-29-27-25-23-21-19-17-15-13-11-9-7-2)54(60)61-49-41-52-50-62-55(63-52)42-45-58(46-43-55)53(59)40-37-44-57(5)48-47-56(3)4/h8-11,14-17,20-23,26-29,51-52H,6-7,12-13,18-19,24-25,30-50H2,1-5H3/b10-8-,11-9-,16-14-,17-15-,22-20-,23-21-,28-26-,29-27-. The zero-order valence-electron chi connectivity index (χ0n) is 40.8. The van der Waals surface area contributed by atoms with E-state index in [4.69, 9.17) is 14.2 Å². The maximum atomic E-state index is 13.5. The largest absolute Gasteiger partial charge is 0.465 e. The van der Waals surface area contributed by atoms with Crippen molar-refractivity contribution in [3.8, 4) is 0 Å². The van der Waals surface area contributed by atoms with Gasteiger partial charge in [-0.05, 0) is 124 Å². The second-order valence-electron chi connectivity index (χ2n) is 17.6. The molecule has 8 heteroatoms. The SMILES string of the molecule is CC/C=C\C/C=C\C/C=C\C/C=C\CCCCCC(CCCC/C=C\C/C=C\C/C=C\C/C=C\CC)C(=O)OCCC1COC2(CCN(C(=O)CCCN(C)CCN(C)C)CC2)O1. The number of unbranched alkanes of at least 4 members (excludes halogenated alkanes) is 5. The van der Waals surface area contributed by atoms with Gasteiger partial charge in [-0.2, -0.15) is 0 Å². The smallest absolute Gasteiger partial charge is 0.308 e. The van der Waals surface area contributed by atoms with E-state index in [2.05, 4.69) is 142 Å². The van der Waals surface area contributed by atoms with Gasteiger partial charge in [0, 0.05) is 51.9 Å². The molecule has 0 aromatic heterocycles. The normalized spacial score (nSPS) is 17.8. The van der Waals surface area contributed by atoms with Gasteiger partial charge in [-0.3, -0.25) is 9.59 Å². The molecule has 2 atom stereocenters. The summed E-state index contributed by atoms with van der Waals surface area (Å²) in [4.78, 5) is 32.8. The molecule has 356 valence electrons. The van der Waals surface area contributed by atoms with Crippen molar-refractivity contribution in [1.29, 1.82) is 0 Å². The molecular formula is C55H91N3O5. The summed E-state index contributed by atoms with van der Waals surface area (Å²) in [7, 11) is 6.29. The van der Waals surface area contributed by atoms with E-state index in [1.54, 1.807) is 0 Å². The number of allylic oxidation sites excluding steroid dienone is 16. The number of piperidine rings is 1. The first kappa shape index (κ1) is 55.8. The first-order valence-corrected chi connectivity index (χ1v) is 25.1. The summed E-state index contributed by atoms with van der Waals surface area (Å²) >= 11 is 0. The second-order valence-corrected chi connectivity index (χ2v) is 17.6. The number of hydrogen-bond acceptors (Lipinski definition) is 7. The fraction of sp³-hybridized carbons (Fsp3) is 0.673. The molecule has 0 saturated carbocycles. The minimum atomic E-state index is -0.622. The lowest BCUT2D eigenvalue weighted by molar-refractivity contribution is -0.197. The third-order valence-corrected chi connectivity index (χ3v) is 11.7. The van der Waals surface area contributed by atoms with Crippen LogP contribution in [-0.4, -0.2) is 106 Å². The van der Waals surface area contributed by atoms with E-state index < -0.39 is 5.79 Å². The molecule has 0 radical (unpaired) electrons. The minimum Gasteiger partial charge on any atom is -0.465 e. The molecule has 2 fully saturated rings. The van der Waals surface area contributed by atoms with Crippen LogP contribution in [0.25, 0.3) is 0 Å². The minimum absolute atomic E-state index is 0.0607. The number of rotatable bonds is 36. The van der Waals surface area contributed by atoms with E-state index in [9.17, 15) is 9.59 Å². The Morgan fingerprint density at radius 1 is 0.635 bits per heavy atom. The van der Waals surface area contributed by atoms with Gasteiger partial charge in [0.2, 0.25) is 5.91 Å². The Morgan fingerprint density at radius 2 is 1.13 bits per heavy atom. The molecular weight excluding hydrogens is 783 g/mol. The predicted octanol–water partition coefficient (Wildman–Crippen LogP) is 12.7. The average molecular weight is 874 g/mol. The summed E-state index contributed by atoms with van der Waals surface area (Å²) in [5.74, 6) is -0.521. The fourth-order valence-corrected chi connectivity index (χ4v) is 7.73. The van der Waals surface area contributed by atoms with Gasteiger partial charge in [-0.15, -0.1) is 0 Å². The summed E-state index contributed by atoms with van der Waals surface area (Å²) in [5, 5.41) is 0. The Hall–Kier alpha value is -3.30. The molecule has 2 aliphatic heterocycles. The topological polar surface area (TPSA) is 71.6 Å². The highest BCUT2D eigenvalue weighted by atomic mass is 16.7. The molecule has 2 saturated heterocycles. The lowest BCUT2D eigenvalue weighted by Crippen LogP contribution is -2.47. The van der Waals surface area contributed by atoms with Crippen LogP contribution in [0.3, 0.4) is 0 Å². The monoisotopic (exact) mass is 874 g/mol. The maximum absolute atomic E-state index is 13.5. The van der Waals surface area contributed by atoms with E-state index in [0.717, 1.165) is 135 Å². The highest BCUT2D eigenvalue weighted by molar-refractivity contribution is 5.76. The third kappa shape index (κ3) is 29.7. The molecule has 63 heavy (non-hydrogen) atoms. The van der Waals surface area contributed by atoms with Crippen molar-refractivity contribution in [1.82, 2.24) is 14.7 Å². The van der Waals surface area contributed by atoms with E-state index in [1.807, 2.05) is 4.90 Å². The van der Waals surface area contributed by atoms with E-state index in [1.165, 1.54) is 0 Å². The van der Waals surface area contributed by atoms with Crippen LogP contribution in [-0.2, 0) is 23.8 Å². The molecule has 8 nitrogen and oxygen atoms in total. The van der Waals surface area contributed by atoms with Crippen LogP contribution in [0.4, 0.5) is 0 Å². The quantitative estimate of drug-likeness (QED) is 0.0353. The van der Waals surface area contributed by atoms with Crippen LogP contribution in [0.2, 0.25) is 0 Å². The summed E-state index contributed by atoms with van der Waals surface area (Å²) in [6, 6.07) is 0. The predicted molar refractivity (Wildman–Crippen MR) is 267 cm³/mol.